The van der Waals surface area contributed by atoms with Gasteiger partial charge in [-0.25, -0.2) is 8.42 Å². The fraction of sp³-hybridized carbons (Fsp3) is 0.667. The van der Waals surface area contributed by atoms with Gasteiger partial charge in [0.15, 0.2) is 0 Å². The topological polar surface area (TPSA) is 54.3 Å². The number of hydrogen-bond donors (Lipinski definition) is 1. The highest BCUT2D eigenvalue weighted by atomic mass is 32.2. The summed E-state index contributed by atoms with van der Waals surface area (Å²) < 4.78 is 28.5. The van der Waals surface area contributed by atoms with Crippen LogP contribution in [0.3, 0.4) is 0 Å². The molecule has 0 aromatic carbocycles. The van der Waals surface area contributed by atoms with Crippen LogP contribution in [0, 0.1) is 0 Å². The molecule has 5 nitrogen and oxygen atoms in total. The fourth-order valence-corrected chi connectivity index (χ4v) is 4.23. The van der Waals surface area contributed by atoms with Crippen LogP contribution in [0.4, 0.5) is 0 Å². The van der Waals surface area contributed by atoms with E-state index in [1.807, 2.05) is 14.0 Å². The van der Waals surface area contributed by atoms with Gasteiger partial charge in [0.25, 0.3) is 0 Å². The first-order valence-corrected chi connectivity index (χ1v) is 7.84. The van der Waals surface area contributed by atoms with Gasteiger partial charge >= 0.3 is 0 Å². The van der Waals surface area contributed by atoms with E-state index in [0.29, 0.717) is 11.4 Å². The van der Waals surface area contributed by atoms with Crippen molar-refractivity contribution in [1.29, 1.82) is 0 Å². The molecule has 1 aliphatic rings. The van der Waals surface area contributed by atoms with Crippen molar-refractivity contribution in [3.63, 3.8) is 0 Å². The molecule has 0 saturated carbocycles. The number of rotatable bonds is 4. The molecule has 0 spiro atoms. The lowest BCUT2D eigenvalue weighted by Crippen LogP contribution is -2.45. The van der Waals surface area contributed by atoms with Crippen LogP contribution in [0.15, 0.2) is 23.4 Å². The second-order valence-electron chi connectivity index (χ2n) is 4.70. The molecule has 1 aromatic rings. The van der Waals surface area contributed by atoms with E-state index in [4.69, 9.17) is 0 Å². The van der Waals surface area contributed by atoms with Gasteiger partial charge in [0.1, 0.15) is 0 Å². The summed E-state index contributed by atoms with van der Waals surface area (Å²) in [6, 6.07) is 1.79. The Labute approximate surface area is 109 Å². The third kappa shape index (κ3) is 2.60. The van der Waals surface area contributed by atoms with E-state index in [1.165, 1.54) is 0 Å². The quantitative estimate of drug-likeness (QED) is 0.881. The maximum atomic E-state index is 12.6. The molecule has 6 heteroatoms. The number of sulfonamides is 1. The van der Waals surface area contributed by atoms with Crippen LogP contribution in [0.25, 0.3) is 0 Å². The van der Waals surface area contributed by atoms with Crippen molar-refractivity contribution in [3.8, 4) is 0 Å². The first-order chi connectivity index (χ1) is 8.55. The second kappa shape index (κ2) is 5.42. The Kier molecular flexibility index (Phi) is 4.09. The van der Waals surface area contributed by atoms with Gasteiger partial charge < -0.3 is 9.88 Å². The van der Waals surface area contributed by atoms with Gasteiger partial charge in [0.2, 0.25) is 10.0 Å². The SMILES string of the molecule is CCN(C1CCNCC1)S(=O)(=O)c1ccn(C)c1. The highest BCUT2D eigenvalue weighted by Crippen LogP contribution is 2.22. The van der Waals surface area contributed by atoms with E-state index in [-0.39, 0.29) is 6.04 Å². The molecule has 1 saturated heterocycles. The van der Waals surface area contributed by atoms with Crippen LogP contribution in [0.1, 0.15) is 19.8 Å². The van der Waals surface area contributed by atoms with Gasteiger partial charge in [-0.1, -0.05) is 6.92 Å². The average molecular weight is 271 g/mol. The van der Waals surface area contributed by atoms with Gasteiger partial charge in [-0.15, -0.1) is 0 Å². The van der Waals surface area contributed by atoms with Crippen molar-refractivity contribution in [2.24, 2.45) is 7.05 Å². The van der Waals surface area contributed by atoms with Gasteiger partial charge in [0, 0.05) is 32.0 Å². The molecule has 1 aromatic heterocycles. The molecule has 0 radical (unpaired) electrons. The molecule has 1 fully saturated rings. The Morgan fingerprint density at radius 1 is 1.44 bits per heavy atom. The summed E-state index contributed by atoms with van der Waals surface area (Å²) >= 11 is 0. The van der Waals surface area contributed by atoms with Crippen LogP contribution in [0.2, 0.25) is 0 Å². The van der Waals surface area contributed by atoms with E-state index in [2.05, 4.69) is 5.32 Å². The molecule has 0 unspecified atom stereocenters. The standard InChI is InChI=1S/C12H21N3O2S/c1-3-15(11-4-7-13-8-5-11)18(16,17)12-6-9-14(2)10-12/h6,9-11,13H,3-5,7-8H2,1-2H3. The lowest BCUT2D eigenvalue weighted by Gasteiger charge is -2.32. The monoisotopic (exact) mass is 271 g/mol. The summed E-state index contributed by atoms with van der Waals surface area (Å²) in [4.78, 5) is 0.394. The predicted molar refractivity (Wildman–Crippen MR) is 70.9 cm³/mol. The zero-order chi connectivity index (χ0) is 13.2. The van der Waals surface area contributed by atoms with Gasteiger partial charge in [-0.3, -0.25) is 0 Å². The minimum atomic E-state index is -3.35. The third-order valence-corrected chi connectivity index (χ3v) is 5.45. The number of piperidine rings is 1. The van der Waals surface area contributed by atoms with Crippen molar-refractivity contribution >= 4 is 10.0 Å². The number of aromatic nitrogens is 1. The van der Waals surface area contributed by atoms with Crippen molar-refractivity contribution in [1.82, 2.24) is 14.2 Å². The lowest BCUT2D eigenvalue weighted by atomic mass is 10.1. The van der Waals surface area contributed by atoms with Gasteiger partial charge in [0.05, 0.1) is 4.90 Å². The maximum absolute atomic E-state index is 12.6. The molecule has 1 N–H and O–H groups in total. The fourth-order valence-electron chi connectivity index (χ4n) is 2.48. The summed E-state index contributed by atoms with van der Waals surface area (Å²) in [5.74, 6) is 0. The minimum absolute atomic E-state index is 0.126. The Hall–Kier alpha value is -0.850. The molecule has 2 rings (SSSR count). The Bertz CT molecular complexity index is 489. The molecule has 18 heavy (non-hydrogen) atoms. The normalized spacial score (nSPS) is 18.4. The van der Waals surface area contributed by atoms with E-state index < -0.39 is 10.0 Å². The van der Waals surface area contributed by atoms with Crippen LogP contribution in [-0.4, -0.2) is 43.0 Å². The number of aryl methyl sites for hydroxylation is 1. The van der Waals surface area contributed by atoms with Crippen LogP contribution in [0.5, 0.6) is 0 Å². The van der Waals surface area contributed by atoms with Gasteiger partial charge in [-0.2, -0.15) is 4.31 Å². The van der Waals surface area contributed by atoms with E-state index >= 15 is 0 Å². The molecule has 0 atom stereocenters. The number of hydrogen-bond acceptors (Lipinski definition) is 3. The van der Waals surface area contributed by atoms with Crippen molar-refractivity contribution in [2.75, 3.05) is 19.6 Å². The number of nitrogens with zero attached hydrogens (tertiary/aromatic N) is 2. The molecule has 0 bridgehead atoms. The zero-order valence-corrected chi connectivity index (χ0v) is 11.8. The minimum Gasteiger partial charge on any atom is -0.356 e. The first kappa shape index (κ1) is 13.6. The van der Waals surface area contributed by atoms with Crippen molar-refractivity contribution in [2.45, 2.75) is 30.7 Å². The molecule has 0 amide bonds. The lowest BCUT2D eigenvalue weighted by molar-refractivity contribution is 0.271. The first-order valence-electron chi connectivity index (χ1n) is 6.40. The highest BCUT2D eigenvalue weighted by Gasteiger charge is 2.31. The molecular formula is C12H21N3O2S. The Morgan fingerprint density at radius 2 is 2.11 bits per heavy atom. The Morgan fingerprint density at radius 3 is 2.61 bits per heavy atom. The highest BCUT2D eigenvalue weighted by molar-refractivity contribution is 7.89. The van der Waals surface area contributed by atoms with E-state index in [1.54, 1.807) is 27.3 Å². The van der Waals surface area contributed by atoms with Crippen LogP contribution < -0.4 is 5.32 Å². The van der Waals surface area contributed by atoms with Crippen LogP contribution >= 0.6 is 0 Å². The molecular weight excluding hydrogens is 250 g/mol. The summed E-state index contributed by atoms with van der Waals surface area (Å²) in [7, 11) is -1.51. The largest absolute Gasteiger partial charge is 0.356 e. The average Bonchev–Trinajstić information content (AvgIpc) is 2.78. The summed E-state index contributed by atoms with van der Waals surface area (Å²) in [6.07, 6.45) is 5.21. The number of nitrogens with one attached hydrogen (secondary N) is 1. The third-order valence-electron chi connectivity index (χ3n) is 3.44. The van der Waals surface area contributed by atoms with Gasteiger partial charge in [-0.05, 0) is 32.0 Å². The molecule has 1 aliphatic heterocycles. The molecule has 2 heterocycles. The van der Waals surface area contributed by atoms with Crippen molar-refractivity contribution < 1.29 is 8.42 Å². The molecule has 0 aliphatic carbocycles. The molecule has 102 valence electrons. The smallest absolute Gasteiger partial charge is 0.244 e. The van der Waals surface area contributed by atoms with E-state index in [0.717, 1.165) is 25.9 Å². The van der Waals surface area contributed by atoms with Crippen LogP contribution in [-0.2, 0) is 17.1 Å². The van der Waals surface area contributed by atoms with E-state index in [9.17, 15) is 8.42 Å². The summed E-state index contributed by atoms with van der Waals surface area (Å²) in [6.45, 7) is 4.22. The van der Waals surface area contributed by atoms with Crippen molar-refractivity contribution in [3.05, 3.63) is 18.5 Å². The zero-order valence-electron chi connectivity index (χ0n) is 11.0. The summed E-state index contributed by atoms with van der Waals surface area (Å²) in [5, 5.41) is 3.26. The summed E-state index contributed by atoms with van der Waals surface area (Å²) in [5.41, 5.74) is 0. The Balaban J connectivity index is 2.25. The second-order valence-corrected chi connectivity index (χ2v) is 6.59. The predicted octanol–water partition coefficient (Wildman–Crippen LogP) is 0.788. The maximum Gasteiger partial charge on any atom is 0.244 e.